The normalized spacial score (nSPS) is 11.6. The van der Waals surface area contributed by atoms with E-state index in [9.17, 15) is 9.59 Å². The lowest BCUT2D eigenvalue weighted by Crippen LogP contribution is -2.42. The monoisotopic (exact) mass is 326 g/mol. The van der Waals surface area contributed by atoms with E-state index in [4.69, 9.17) is 4.74 Å². The van der Waals surface area contributed by atoms with Crippen molar-refractivity contribution in [1.82, 2.24) is 10.6 Å². The van der Waals surface area contributed by atoms with Gasteiger partial charge in [0.15, 0.2) is 0 Å². The zero-order valence-corrected chi connectivity index (χ0v) is 13.9. The molecule has 2 amide bonds. The van der Waals surface area contributed by atoms with Gasteiger partial charge in [-0.05, 0) is 25.0 Å². The second-order valence-electron chi connectivity index (χ2n) is 5.71. The average molecular weight is 326 g/mol. The second-order valence-corrected chi connectivity index (χ2v) is 5.71. The number of hydrogen-bond acceptors (Lipinski definition) is 3. The number of carbonyl (C=O) groups is 2. The minimum atomic E-state index is -0.795. The van der Waals surface area contributed by atoms with Crippen molar-refractivity contribution in [2.45, 2.75) is 32.5 Å². The molecule has 0 aliphatic heterocycles. The number of nitrogens with one attached hydrogen (secondary N) is 2. The van der Waals surface area contributed by atoms with Gasteiger partial charge in [0.05, 0.1) is 0 Å². The highest BCUT2D eigenvalue weighted by Crippen LogP contribution is 2.13. The Hall–Kier alpha value is -2.82. The van der Waals surface area contributed by atoms with E-state index < -0.39 is 12.1 Å². The summed E-state index contributed by atoms with van der Waals surface area (Å²) in [5, 5.41) is 5.45. The first-order chi connectivity index (χ1) is 11.6. The van der Waals surface area contributed by atoms with Gasteiger partial charge < -0.3 is 15.4 Å². The maximum Gasteiger partial charge on any atom is 0.408 e. The molecule has 2 aromatic carbocycles. The van der Waals surface area contributed by atoms with E-state index in [1.54, 1.807) is 12.1 Å². The quantitative estimate of drug-likeness (QED) is 0.857. The molecule has 24 heavy (non-hydrogen) atoms. The van der Waals surface area contributed by atoms with Gasteiger partial charge in [-0.2, -0.15) is 0 Å². The van der Waals surface area contributed by atoms with Crippen LogP contribution in [0.2, 0.25) is 0 Å². The summed E-state index contributed by atoms with van der Waals surface area (Å²) in [7, 11) is 0. The van der Waals surface area contributed by atoms with E-state index in [1.807, 2.05) is 62.4 Å². The fraction of sp³-hybridized carbons (Fsp3) is 0.263. The van der Waals surface area contributed by atoms with Gasteiger partial charge in [0.2, 0.25) is 5.91 Å². The van der Waals surface area contributed by atoms with Crippen LogP contribution in [0.3, 0.4) is 0 Å². The summed E-state index contributed by atoms with van der Waals surface area (Å²) >= 11 is 0. The van der Waals surface area contributed by atoms with Gasteiger partial charge in [0.25, 0.3) is 0 Å². The molecule has 0 saturated carbocycles. The topological polar surface area (TPSA) is 67.4 Å². The number of benzene rings is 2. The zero-order chi connectivity index (χ0) is 17.4. The van der Waals surface area contributed by atoms with Crippen LogP contribution in [0.5, 0.6) is 0 Å². The molecule has 0 saturated heterocycles. The first-order valence-electron chi connectivity index (χ1n) is 7.89. The Morgan fingerprint density at radius 1 is 0.917 bits per heavy atom. The van der Waals surface area contributed by atoms with E-state index >= 15 is 0 Å². The molecular formula is C19H22N2O3. The fourth-order valence-electron chi connectivity index (χ4n) is 2.20. The number of carbonyl (C=O) groups excluding carboxylic acids is 2. The summed E-state index contributed by atoms with van der Waals surface area (Å²) in [6, 6.07) is 17.6. The van der Waals surface area contributed by atoms with Gasteiger partial charge in [-0.3, -0.25) is 4.79 Å². The number of alkyl carbamates (subject to hydrolysis) is 1. The molecule has 5 nitrogen and oxygen atoms in total. The molecule has 0 bridgehead atoms. The molecule has 0 aromatic heterocycles. The first kappa shape index (κ1) is 17.5. The first-order valence-corrected chi connectivity index (χ1v) is 7.89. The van der Waals surface area contributed by atoms with Crippen LogP contribution < -0.4 is 10.6 Å². The molecule has 2 N–H and O–H groups in total. The molecular weight excluding hydrogens is 304 g/mol. The Morgan fingerprint density at radius 3 is 2.08 bits per heavy atom. The van der Waals surface area contributed by atoms with Crippen molar-refractivity contribution in [3.05, 3.63) is 71.8 Å². The summed E-state index contributed by atoms with van der Waals surface area (Å²) in [5.74, 6) is -0.270. The lowest BCUT2D eigenvalue weighted by molar-refractivity contribution is -0.123. The summed E-state index contributed by atoms with van der Waals surface area (Å²) in [6.45, 7) is 3.89. The van der Waals surface area contributed by atoms with Gasteiger partial charge >= 0.3 is 6.09 Å². The lowest BCUT2D eigenvalue weighted by atomic mass is 10.1. The van der Waals surface area contributed by atoms with Gasteiger partial charge in [0.1, 0.15) is 12.6 Å². The predicted octanol–water partition coefficient (Wildman–Crippen LogP) is 3.18. The van der Waals surface area contributed by atoms with E-state index in [0.717, 1.165) is 5.56 Å². The number of rotatable bonds is 6. The maximum absolute atomic E-state index is 12.4. The van der Waals surface area contributed by atoms with Crippen molar-refractivity contribution in [1.29, 1.82) is 0 Å². The molecule has 5 heteroatoms. The highest BCUT2D eigenvalue weighted by molar-refractivity contribution is 5.87. The van der Waals surface area contributed by atoms with Gasteiger partial charge in [-0.1, -0.05) is 60.7 Å². The number of ether oxygens (including phenoxy) is 1. The van der Waals surface area contributed by atoms with Crippen LogP contribution >= 0.6 is 0 Å². The maximum atomic E-state index is 12.4. The molecule has 126 valence electrons. The van der Waals surface area contributed by atoms with Crippen molar-refractivity contribution in [2.24, 2.45) is 0 Å². The van der Waals surface area contributed by atoms with Gasteiger partial charge in [0, 0.05) is 6.04 Å². The highest BCUT2D eigenvalue weighted by atomic mass is 16.5. The Labute approximate surface area is 142 Å². The molecule has 1 unspecified atom stereocenters. The number of hydrogen-bond donors (Lipinski definition) is 2. The van der Waals surface area contributed by atoms with Crippen LogP contribution in [-0.2, 0) is 16.1 Å². The second kappa shape index (κ2) is 8.72. The van der Waals surface area contributed by atoms with Crippen LogP contribution in [0, 0.1) is 0 Å². The van der Waals surface area contributed by atoms with E-state index in [-0.39, 0.29) is 18.6 Å². The van der Waals surface area contributed by atoms with Gasteiger partial charge in [-0.15, -0.1) is 0 Å². The van der Waals surface area contributed by atoms with Crippen molar-refractivity contribution in [3.63, 3.8) is 0 Å². The van der Waals surface area contributed by atoms with Crippen molar-refractivity contribution in [3.8, 4) is 0 Å². The lowest BCUT2D eigenvalue weighted by Gasteiger charge is -2.20. The highest BCUT2D eigenvalue weighted by Gasteiger charge is 2.23. The molecule has 0 fully saturated rings. The largest absolute Gasteiger partial charge is 0.445 e. The van der Waals surface area contributed by atoms with Crippen LogP contribution in [0.15, 0.2) is 60.7 Å². The zero-order valence-electron chi connectivity index (χ0n) is 13.9. The van der Waals surface area contributed by atoms with E-state index in [1.165, 1.54) is 0 Å². The number of amides is 2. The summed E-state index contributed by atoms with van der Waals surface area (Å²) in [6.07, 6.45) is -0.633. The van der Waals surface area contributed by atoms with E-state index in [2.05, 4.69) is 10.6 Å². The van der Waals surface area contributed by atoms with Crippen LogP contribution in [0.4, 0.5) is 4.79 Å². The third-order valence-corrected chi connectivity index (χ3v) is 3.30. The summed E-state index contributed by atoms with van der Waals surface area (Å²) in [5.41, 5.74) is 1.59. The summed E-state index contributed by atoms with van der Waals surface area (Å²) in [4.78, 5) is 24.5. The SMILES string of the molecule is CC(C)NC(=O)C(NC(=O)OCc1ccccc1)c1ccccc1. The third kappa shape index (κ3) is 5.43. The Morgan fingerprint density at radius 2 is 1.50 bits per heavy atom. The molecule has 2 rings (SSSR count). The minimum Gasteiger partial charge on any atom is -0.445 e. The molecule has 0 spiro atoms. The molecule has 0 aliphatic carbocycles. The molecule has 0 radical (unpaired) electrons. The van der Waals surface area contributed by atoms with Gasteiger partial charge in [-0.25, -0.2) is 4.79 Å². The Balaban J connectivity index is 2.02. The molecule has 0 heterocycles. The van der Waals surface area contributed by atoms with Crippen molar-refractivity contribution < 1.29 is 14.3 Å². The average Bonchev–Trinajstić information content (AvgIpc) is 2.59. The summed E-state index contributed by atoms with van der Waals surface area (Å²) < 4.78 is 5.21. The van der Waals surface area contributed by atoms with Crippen molar-refractivity contribution >= 4 is 12.0 Å². The molecule has 0 aliphatic rings. The molecule has 1 atom stereocenters. The van der Waals surface area contributed by atoms with Crippen LogP contribution in [-0.4, -0.2) is 18.0 Å². The van der Waals surface area contributed by atoms with Crippen molar-refractivity contribution in [2.75, 3.05) is 0 Å². The predicted molar refractivity (Wildman–Crippen MR) is 92.2 cm³/mol. The van der Waals surface area contributed by atoms with E-state index in [0.29, 0.717) is 5.56 Å². The Kier molecular flexibility index (Phi) is 6.37. The fourth-order valence-corrected chi connectivity index (χ4v) is 2.20. The smallest absolute Gasteiger partial charge is 0.408 e. The third-order valence-electron chi connectivity index (χ3n) is 3.30. The van der Waals surface area contributed by atoms with Crippen LogP contribution in [0.1, 0.15) is 31.0 Å². The Bertz CT molecular complexity index is 657. The molecule has 2 aromatic rings. The standard InChI is InChI=1S/C19H22N2O3/c1-14(2)20-18(22)17(16-11-7-4-8-12-16)21-19(23)24-13-15-9-5-3-6-10-15/h3-12,14,17H,13H2,1-2H3,(H,20,22)(H,21,23). The van der Waals surface area contributed by atoms with Crippen LogP contribution in [0.25, 0.3) is 0 Å². The minimum absolute atomic E-state index is 0.0224.